The molecule has 3 rings (SSSR count). The van der Waals surface area contributed by atoms with Crippen molar-refractivity contribution in [3.05, 3.63) is 58.0 Å². The van der Waals surface area contributed by atoms with Gasteiger partial charge in [-0.3, -0.25) is 14.5 Å². The van der Waals surface area contributed by atoms with E-state index in [2.05, 4.69) is 10.2 Å². The summed E-state index contributed by atoms with van der Waals surface area (Å²) in [6, 6.07) is 5.94. The van der Waals surface area contributed by atoms with E-state index in [1.54, 1.807) is 4.57 Å². The average Bonchev–Trinajstić information content (AvgIpc) is 2.98. The molecule has 2 aromatic rings. The van der Waals surface area contributed by atoms with Gasteiger partial charge in [-0.2, -0.15) is 13.2 Å². The Kier molecular flexibility index (Phi) is 7.37. The molecule has 1 N–H and O–H groups in total. The third-order valence-electron chi connectivity index (χ3n) is 5.27. The van der Waals surface area contributed by atoms with Crippen molar-refractivity contribution in [2.75, 3.05) is 25.5 Å². The molecule has 1 aliphatic heterocycles. The van der Waals surface area contributed by atoms with Crippen molar-refractivity contribution in [1.29, 1.82) is 0 Å². The van der Waals surface area contributed by atoms with Crippen LogP contribution < -0.4 is 15.5 Å². The molecule has 31 heavy (non-hydrogen) atoms. The Labute approximate surface area is 178 Å². The summed E-state index contributed by atoms with van der Waals surface area (Å²) >= 11 is 0. The second-order valence-electron chi connectivity index (χ2n) is 7.64. The van der Waals surface area contributed by atoms with E-state index in [0.29, 0.717) is 12.2 Å². The van der Waals surface area contributed by atoms with Crippen LogP contribution in [0.15, 0.2) is 41.3 Å². The highest BCUT2D eigenvalue weighted by Crippen LogP contribution is 2.30. The average molecular weight is 437 g/mol. The number of nitrogens with zero attached hydrogens (tertiary/aromatic N) is 2. The molecule has 6 nitrogen and oxygen atoms in total. The summed E-state index contributed by atoms with van der Waals surface area (Å²) in [4.78, 5) is 27.1. The topological polar surface area (TPSA) is 63.6 Å². The highest BCUT2D eigenvalue weighted by atomic mass is 19.4. The summed E-state index contributed by atoms with van der Waals surface area (Å²) in [6.45, 7) is 2.18. The molecule has 0 spiro atoms. The maximum absolute atomic E-state index is 12.9. The molecule has 1 amide bonds. The minimum Gasteiger partial charge on any atom is -0.491 e. The van der Waals surface area contributed by atoms with E-state index < -0.39 is 17.6 Å². The molecular formula is C22H26F3N3O3. The van der Waals surface area contributed by atoms with Crippen LogP contribution in [0.4, 0.5) is 18.9 Å². The highest BCUT2D eigenvalue weighted by molar-refractivity contribution is 5.90. The zero-order chi connectivity index (χ0) is 22.4. The van der Waals surface area contributed by atoms with Crippen molar-refractivity contribution < 1.29 is 22.7 Å². The van der Waals surface area contributed by atoms with Crippen LogP contribution >= 0.6 is 0 Å². The fourth-order valence-corrected chi connectivity index (χ4v) is 3.68. The van der Waals surface area contributed by atoms with Gasteiger partial charge >= 0.3 is 6.18 Å². The number of carbonyl (C=O) groups is 1. The lowest BCUT2D eigenvalue weighted by atomic mass is 10.2. The lowest BCUT2D eigenvalue weighted by Crippen LogP contribution is -2.29. The summed E-state index contributed by atoms with van der Waals surface area (Å²) in [5.74, 6) is -0.395. The Morgan fingerprint density at radius 3 is 2.48 bits per heavy atom. The fourth-order valence-electron chi connectivity index (χ4n) is 3.68. The van der Waals surface area contributed by atoms with Gasteiger partial charge in [0.1, 0.15) is 6.54 Å². The summed E-state index contributed by atoms with van der Waals surface area (Å²) in [7, 11) is 1.37. The van der Waals surface area contributed by atoms with Crippen molar-refractivity contribution in [2.45, 2.75) is 44.9 Å². The van der Waals surface area contributed by atoms with Gasteiger partial charge in [-0.05, 0) is 44.1 Å². The van der Waals surface area contributed by atoms with Crippen LogP contribution in [-0.2, 0) is 24.1 Å². The molecule has 0 radical (unpaired) electrons. The molecule has 0 atom stereocenters. The molecule has 0 bridgehead atoms. The van der Waals surface area contributed by atoms with Gasteiger partial charge < -0.3 is 14.6 Å². The Bertz CT molecular complexity index is 964. The monoisotopic (exact) mass is 437 g/mol. The van der Waals surface area contributed by atoms with Gasteiger partial charge in [0.2, 0.25) is 11.3 Å². The van der Waals surface area contributed by atoms with Gasteiger partial charge in [0.25, 0.3) is 0 Å². The molecule has 1 fully saturated rings. The van der Waals surface area contributed by atoms with Crippen LogP contribution in [0.1, 0.15) is 36.9 Å². The van der Waals surface area contributed by atoms with Crippen molar-refractivity contribution >= 4 is 11.6 Å². The number of hydrogen-bond donors (Lipinski definition) is 1. The van der Waals surface area contributed by atoms with E-state index in [4.69, 9.17) is 4.74 Å². The number of ether oxygens (including phenoxy) is 1. The van der Waals surface area contributed by atoms with Gasteiger partial charge in [-0.25, -0.2) is 0 Å². The standard InChI is InChI=1S/C22H26F3N3O3/c1-31-20-14-28(18(12-19(20)29)13-27-9-4-2-3-5-10-27)15-21(30)26-17-8-6-7-16(11-17)22(23,24)25/h6-8,11-12,14H,2-5,9-10,13,15H2,1H3,(H,26,30). The van der Waals surface area contributed by atoms with E-state index >= 15 is 0 Å². The molecule has 1 saturated heterocycles. The number of likely N-dealkylation sites (tertiary alicyclic amines) is 1. The molecule has 1 aliphatic rings. The van der Waals surface area contributed by atoms with E-state index in [1.165, 1.54) is 44.3 Å². The number of halogens is 3. The number of carbonyl (C=O) groups excluding carboxylic acids is 1. The molecule has 1 aromatic carbocycles. The SMILES string of the molecule is COc1cn(CC(=O)Nc2cccc(C(F)(F)F)c2)c(CN2CCCCCC2)cc1=O. The van der Waals surface area contributed by atoms with Crippen LogP contribution in [0.25, 0.3) is 0 Å². The number of hydrogen-bond acceptors (Lipinski definition) is 4. The summed E-state index contributed by atoms with van der Waals surface area (Å²) in [5, 5.41) is 2.50. The molecule has 0 aliphatic carbocycles. The van der Waals surface area contributed by atoms with Gasteiger partial charge in [-0.1, -0.05) is 18.9 Å². The minimum absolute atomic E-state index is 0.0573. The van der Waals surface area contributed by atoms with Crippen LogP contribution in [0.5, 0.6) is 5.75 Å². The molecule has 2 heterocycles. The normalized spacial score (nSPS) is 15.4. The van der Waals surface area contributed by atoms with E-state index in [0.717, 1.165) is 38.1 Å². The Morgan fingerprint density at radius 1 is 1.13 bits per heavy atom. The Morgan fingerprint density at radius 2 is 1.84 bits per heavy atom. The first kappa shape index (κ1) is 22.9. The van der Waals surface area contributed by atoms with Crippen molar-refractivity contribution in [2.24, 2.45) is 0 Å². The van der Waals surface area contributed by atoms with Crippen LogP contribution in [0.3, 0.4) is 0 Å². The maximum atomic E-state index is 12.9. The van der Waals surface area contributed by atoms with Crippen molar-refractivity contribution in [3.63, 3.8) is 0 Å². The Hall–Kier alpha value is -2.81. The van der Waals surface area contributed by atoms with Gasteiger partial charge in [0.15, 0.2) is 5.75 Å². The lowest BCUT2D eigenvalue weighted by Gasteiger charge is -2.23. The summed E-state index contributed by atoms with van der Waals surface area (Å²) in [5.41, 5.74) is -0.396. The molecule has 0 unspecified atom stereocenters. The molecule has 9 heteroatoms. The maximum Gasteiger partial charge on any atom is 0.416 e. The smallest absolute Gasteiger partial charge is 0.416 e. The molecular weight excluding hydrogens is 411 g/mol. The molecule has 168 valence electrons. The summed E-state index contributed by atoms with van der Waals surface area (Å²) < 4.78 is 45.5. The number of benzene rings is 1. The Balaban J connectivity index is 1.79. The summed E-state index contributed by atoms with van der Waals surface area (Å²) in [6.07, 6.45) is 1.48. The third kappa shape index (κ3) is 6.33. The number of methoxy groups -OCH3 is 1. The molecule has 0 saturated carbocycles. The number of rotatable bonds is 6. The first-order chi connectivity index (χ1) is 14.8. The van der Waals surface area contributed by atoms with E-state index in [1.807, 2.05) is 0 Å². The predicted molar refractivity (Wildman–Crippen MR) is 111 cm³/mol. The first-order valence-electron chi connectivity index (χ1n) is 10.2. The van der Waals surface area contributed by atoms with Crippen molar-refractivity contribution in [1.82, 2.24) is 9.47 Å². The van der Waals surface area contributed by atoms with Gasteiger partial charge in [0.05, 0.1) is 18.9 Å². The quantitative estimate of drug-likeness (QED) is 0.745. The fraction of sp³-hybridized carbons (Fsp3) is 0.455. The highest BCUT2D eigenvalue weighted by Gasteiger charge is 2.30. The van der Waals surface area contributed by atoms with Crippen LogP contribution in [0.2, 0.25) is 0 Å². The zero-order valence-electron chi connectivity index (χ0n) is 17.4. The third-order valence-corrected chi connectivity index (χ3v) is 5.27. The van der Waals surface area contributed by atoms with E-state index in [-0.39, 0.29) is 23.4 Å². The van der Waals surface area contributed by atoms with Crippen LogP contribution in [-0.4, -0.2) is 35.6 Å². The number of nitrogens with one attached hydrogen (secondary N) is 1. The van der Waals surface area contributed by atoms with Crippen LogP contribution in [0, 0.1) is 0 Å². The largest absolute Gasteiger partial charge is 0.491 e. The van der Waals surface area contributed by atoms with Crippen molar-refractivity contribution in [3.8, 4) is 5.75 Å². The van der Waals surface area contributed by atoms with E-state index in [9.17, 15) is 22.8 Å². The number of pyridine rings is 1. The zero-order valence-corrected chi connectivity index (χ0v) is 17.4. The number of anilines is 1. The number of aromatic nitrogens is 1. The number of amides is 1. The second-order valence-corrected chi connectivity index (χ2v) is 7.64. The first-order valence-corrected chi connectivity index (χ1v) is 10.2. The second kappa shape index (κ2) is 10.00. The predicted octanol–water partition coefficient (Wildman–Crippen LogP) is 3.89. The number of alkyl halides is 3. The minimum atomic E-state index is -4.49. The lowest BCUT2D eigenvalue weighted by molar-refractivity contribution is -0.137. The van der Waals surface area contributed by atoms with Gasteiger partial charge in [0, 0.05) is 24.0 Å². The van der Waals surface area contributed by atoms with Gasteiger partial charge in [-0.15, -0.1) is 0 Å². The molecule has 1 aromatic heterocycles.